The lowest BCUT2D eigenvalue weighted by atomic mass is 10.2. The number of benzene rings is 2. The van der Waals surface area contributed by atoms with E-state index in [9.17, 15) is 0 Å². The zero-order valence-corrected chi connectivity index (χ0v) is 17.2. The van der Waals surface area contributed by atoms with Gasteiger partial charge in [-0.05, 0) is 24.3 Å². The molecule has 3 aromatic rings. The summed E-state index contributed by atoms with van der Waals surface area (Å²) in [7, 11) is 3.30. The van der Waals surface area contributed by atoms with Crippen molar-refractivity contribution < 1.29 is 18.9 Å². The summed E-state index contributed by atoms with van der Waals surface area (Å²) in [6.07, 6.45) is 7.79. The van der Waals surface area contributed by atoms with Crippen molar-refractivity contribution in [2.75, 3.05) is 46.0 Å². The molecule has 7 heteroatoms. The van der Waals surface area contributed by atoms with E-state index in [2.05, 4.69) is 21.2 Å². The zero-order valence-electron chi connectivity index (χ0n) is 17.2. The normalized spacial score (nSPS) is 10.6. The van der Waals surface area contributed by atoms with Gasteiger partial charge in [0.1, 0.15) is 18.8 Å². The van der Waals surface area contributed by atoms with E-state index in [-0.39, 0.29) is 0 Å². The molecule has 0 spiro atoms. The van der Waals surface area contributed by atoms with Crippen LogP contribution in [0.1, 0.15) is 12.0 Å². The monoisotopic (exact) mass is 407 g/mol. The number of nitrogens with one attached hydrogen (secondary N) is 1. The van der Waals surface area contributed by atoms with Crippen molar-refractivity contribution in [3.63, 3.8) is 0 Å². The molecule has 3 rings (SSSR count). The number of terminal acetylenes is 1. The minimum atomic E-state index is 0.400. The number of hydrogen-bond donors (Lipinski definition) is 1. The number of methoxy groups -OCH3 is 2. The Morgan fingerprint density at radius 2 is 1.73 bits per heavy atom. The fourth-order valence-electron chi connectivity index (χ4n) is 2.83. The molecule has 0 saturated carbocycles. The third kappa shape index (κ3) is 5.60. The number of aromatic nitrogens is 2. The molecule has 0 atom stereocenters. The first-order valence-electron chi connectivity index (χ1n) is 9.61. The highest BCUT2D eigenvalue weighted by Gasteiger charge is 2.13. The predicted molar refractivity (Wildman–Crippen MR) is 117 cm³/mol. The summed E-state index contributed by atoms with van der Waals surface area (Å²) in [5.74, 6) is 4.51. The minimum absolute atomic E-state index is 0.400. The van der Waals surface area contributed by atoms with Gasteiger partial charge < -0.3 is 24.3 Å². The van der Waals surface area contributed by atoms with Gasteiger partial charge in [-0.3, -0.25) is 0 Å². The van der Waals surface area contributed by atoms with Crippen LogP contribution < -0.4 is 14.8 Å². The van der Waals surface area contributed by atoms with Gasteiger partial charge in [-0.2, -0.15) is 0 Å². The minimum Gasteiger partial charge on any atom is -0.490 e. The maximum atomic E-state index is 5.92. The van der Waals surface area contributed by atoms with Gasteiger partial charge in [0, 0.05) is 50.0 Å². The van der Waals surface area contributed by atoms with Gasteiger partial charge in [0.25, 0.3) is 0 Å². The van der Waals surface area contributed by atoms with Crippen LogP contribution in [0.5, 0.6) is 11.5 Å². The van der Waals surface area contributed by atoms with Crippen LogP contribution in [0, 0.1) is 12.3 Å². The molecule has 0 aliphatic heterocycles. The summed E-state index contributed by atoms with van der Waals surface area (Å²) in [6, 6.07) is 11.3. The summed E-state index contributed by atoms with van der Waals surface area (Å²) < 4.78 is 22.0. The maximum absolute atomic E-state index is 5.92. The molecular weight excluding hydrogens is 382 g/mol. The van der Waals surface area contributed by atoms with Gasteiger partial charge in [-0.1, -0.05) is 12.0 Å². The first-order valence-corrected chi connectivity index (χ1v) is 9.61. The Bertz CT molecular complexity index is 1020. The maximum Gasteiger partial charge on any atom is 0.163 e. The van der Waals surface area contributed by atoms with E-state index in [1.165, 1.54) is 6.33 Å². The van der Waals surface area contributed by atoms with Crippen LogP contribution in [-0.2, 0) is 9.47 Å². The summed E-state index contributed by atoms with van der Waals surface area (Å²) in [6.45, 7) is 2.00. The molecule has 0 saturated heterocycles. The molecule has 0 unspecified atom stereocenters. The Morgan fingerprint density at radius 3 is 2.53 bits per heavy atom. The Labute approximate surface area is 176 Å². The summed E-state index contributed by atoms with van der Waals surface area (Å²) in [4.78, 5) is 8.79. The fraction of sp³-hybridized carbons (Fsp3) is 0.304. The van der Waals surface area contributed by atoms with E-state index in [1.807, 2.05) is 36.4 Å². The van der Waals surface area contributed by atoms with Crippen LogP contribution in [-0.4, -0.2) is 50.6 Å². The van der Waals surface area contributed by atoms with Crippen LogP contribution in [0.2, 0.25) is 0 Å². The number of ether oxygens (including phenoxy) is 4. The van der Waals surface area contributed by atoms with E-state index in [0.29, 0.717) is 43.7 Å². The van der Waals surface area contributed by atoms with E-state index in [4.69, 9.17) is 25.4 Å². The second kappa shape index (κ2) is 11.0. The van der Waals surface area contributed by atoms with Crippen molar-refractivity contribution in [1.29, 1.82) is 0 Å². The summed E-state index contributed by atoms with van der Waals surface area (Å²) in [5, 5.41) is 4.12. The van der Waals surface area contributed by atoms with Crippen molar-refractivity contribution >= 4 is 22.4 Å². The highest BCUT2D eigenvalue weighted by Crippen LogP contribution is 2.35. The van der Waals surface area contributed by atoms with Crippen molar-refractivity contribution in [1.82, 2.24) is 9.97 Å². The van der Waals surface area contributed by atoms with Crippen LogP contribution in [0.4, 0.5) is 11.5 Å². The first kappa shape index (κ1) is 21.4. The lowest BCUT2D eigenvalue weighted by molar-refractivity contribution is 0.141. The number of nitrogens with zero attached hydrogens (tertiary/aromatic N) is 2. The van der Waals surface area contributed by atoms with Crippen molar-refractivity contribution in [3.05, 3.63) is 48.3 Å². The van der Waals surface area contributed by atoms with Crippen molar-refractivity contribution in [2.24, 2.45) is 0 Å². The Morgan fingerprint density at radius 1 is 0.933 bits per heavy atom. The SMILES string of the molecule is C#Cc1cccc(Nc2ncnc3cc(OCCCOC)c(OCCOC)cc23)c1. The standard InChI is InChI=1S/C23H25N3O4/c1-4-17-7-5-8-18(13-17)26-23-19-14-21(30-12-11-28-3)22(29-10-6-9-27-2)15-20(19)24-16-25-23/h1,5,7-8,13-16H,6,9-12H2,2-3H3,(H,24,25,26). The van der Waals surface area contributed by atoms with Crippen molar-refractivity contribution in [3.8, 4) is 23.8 Å². The summed E-state index contributed by atoms with van der Waals surface area (Å²) in [5.41, 5.74) is 2.36. The van der Waals surface area contributed by atoms with E-state index >= 15 is 0 Å². The fourth-order valence-corrected chi connectivity index (χ4v) is 2.83. The zero-order chi connectivity index (χ0) is 21.2. The van der Waals surface area contributed by atoms with Gasteiger partial charge in [0.15, 0.2) is 11.5 Å². The molecule has 0 amide bonds. The Balaban J connectivity index is 1.92. The highest BCUT2D eigenvalue weighted by atomic mass is 16.5. The van der Waals surface area contributed by atoms with E-state index in [1.54, 1.807) is 14.2 Å². The molecule has 156 valence electrons. The van der Waals surface area contributed by atoms with Crippen LogP contribution in [0.3, 0.4) is 0 Å². The third-order valence-corrected chi connectivity index (χ3v) is 4.29. The van der Waals surface area contributed by atoms with Gasteiger partial charge in [0.05, 0.1) is 18.7 Å². The average molecular weight is 407 g/mol. The number of fused-ring (bicyclic) bond motifs is 1. The lowest BCUT2D eigenvalue weighted by Crippen LogP contribution is -2.08. The highest BCUT2D eigenvalue weighted by molar-refractivity contribution is 5.93. The molecule has 0 fully saturated rings. The summed E-state index contributed by atoms with van der Waals surface area (Å²) >= 11 is 0. The molecule has 0 bridgehead atoms. The van der Waals surface area contributed by atoms with Crippen LogP contribution in [0.25, 0.3) is 10.9 Å². The van der Waals surface area contributed by atoms with Gasteiger partial charge in [-0.25, -0.2) is 9.97 Å². The molecule has 2 aromatic carbocycles. The number of rotatable bonds is 11. The molecule has 0 aliphatic carbocycles. The molecule has 1 heterocycles. The van der Waals surface area contributed by atoms with E-state index in [0.717, 1.165) is 28.6 Å². The molecule has 0 aliphatic rings. The lowest BCUT2D eigenvalue weighted by Gasteiger charge is -2.15. The number of anilines is 2. The van der Waals surface area contributed by atoms with Crippen molar-refractivity contribution in [2.45, 2.75) is 6.42 Å². The predicted octanol–water partition coefficient (Wildman–Crippen LogP) is 3.80. The largest absolute Gasteiger partial charge is 0.490 e. The molecule has 1 N–H and O–H groups in total. The Hall–Kier alpha value is -3.34. The number of hydrogen-bond acceptors (Lipinski definition) is 7. The topological polar surface area (TPSA) is 74.7 Å². The van der Waals surface area contributed by atoms with Crippen LogP contribution in [0.15, 0.2) is 42.7 Å². The average Bonchev–Trinajstić information content (AvgIpc) is 2.77. The van der Waals surface area contributed by atoms with Gasteiger partial charge >= 0.3 is 0 Å². The quantitative estimate of drug-likeness (QED) is 0.383. The van der Waals surface area contributed by atoms with E-state index < -0.39 is 0 Å². The third-order valence-electron chi connectivity index (χ3n) is 4.29. The van der Waals surface area contributed by atoms with Gasteiger partial charge in [-0.15, -0.1) is 6.42 Å². The van der Waals surface area contributed by atoms with Gasteiger partial charge in [0.2, 0.25) is 0 Å². The Kier molecular flexibility index (Phi) is 7.84. The molecule has 30 heavy (non-hydrogen) atoms. The molecule has 1 aromatic heterocycles. The molecule has 0 radical (unpaired) electrons. The second-order valence-corrected chi connectivity index (χ2v) is 6.42. The smallest absolute Gasteiger partial charge is 0.163 e. The second-order valence-electron chi connectivity index (χ2n) is 6.42. The first-order chi connectivity index (χ1) is 14.7. The molecular formula is C23H25N3O4. The molecule has 7 nitrogen and oxygen atoms in total. The van der Waals surface area contributed by atoms with Crippen LogP contribution >= 0.6 is 0 Å².